The number of hydrogen-bond acceptors (Lipinski definition) is 3. The zero-order valence-corrected chi connectivity index (χ0v) is 25.5. The zero-order valence-electron chi connectivity index (χ0n) is 24.7. The number of aliphatic imine (C=N–C) groups is 1. The molecule has 9 aromatic rings. The maximum Gasteiger partial charge on any atom is 0.0803 e. The van der Waals surface area contributed by atoms with E-state index in [-0.39, 0.29) is 0 Å². The Balaban J connectivity index is 1.16. The van der Waals surface area contributed by atoms with Crippen LogP contribution >= 0.6 is 11.3 Å². The van der Waals surface area contributed by atoms with Crippen LogP contribution in [0.2, 0.25) is 0 Å². The fourth-order valence-corrected chi connectivity index (χ4v) is 8.45. The number of H-pyrrole nitrogens is 1. The molecule has 0 unspecified atom stereocenters. The van der Waals surface area contributed by atoms with Gasteiger partial charge in [-0.05, 0) is 67.7 Å². The number of rotatable bonds is 4. The minimum absolute atomic E-state index is 0.993. The Morgan fingerprint density at radius 2 is 1.15 bits per heavy atom. The van der Waals surface area contributed by atoms with Crippen molar-refractivity contribution in [2.24, 2.45) is 4.99 Å². The highest BCUT2D eigenvalue weighted by Gasteiger charge is 2.24. The summed E-state index contributed by atoms with van der Waals surface area (Å²) >= 11 is 1.83. The van der Waals surface area contributed by atoms with Gasteiger partial charge in [0.25, 0.3) is 0 Å². The summed E-state index contributed by atoms with van der Waals surface area (Å²) in [6.45, 7) is 0. The number of hydrogen-bond donors (Lipinski definition) is 1. The van der Waals surface area contributed by atoms with Crippen LogP contribution in [0.25, 0.3) is 91.8 Å². The molecule has 1 N–H and O–H groups in total. The number of aromatic amines is 1. The van der Waals surface area contributed by atoms with Crippen LogP contribution in [0.5, 0.6) is 0 Å². The first-order chi connectivity index (χ1) is 22.8. The molecule has 4 heteroatoms. The molecular weight excluding hydrogens is 579 g/mol. The number of benzene rings is 6. The number of pyridine rings is 1. The topological polar surface area (TPSA) is 41.0 Å². The van der Waals surface area contributed by atoms with Crippen molar-refractivity contribution in [1.82, 2.24) is 9.97 Å². The second-order valence-electron chi connectivity index (χ2n) is 11.8. The second-order valence-corrected chi connectivity index (χ2v) is 12.9. The number of nitrogens with zero attached hydrogens (tertiary/aromatic N) is 2. The first kappa shape index (κ1) is 25.5. The molecule has 1 aliphatic heterocycles. The molecule has 0 bridgehead atoms. The van der Waals surface area contributed by atoms with Crippen molar-refractivity contribution in [1.29, 1.82) is 0 Å². The summed E-state index contributed by atoms with van der Waals surface area (Å²) in [5.41, 5.74) is 8.82. The number of allylic oxidation sites excluding steroid dienone is 1. The van der Waals surface area contributed by atoms with E-state index in [2.05, 4.69) is 144 Å². The van der Waals surface area contributed by atoms with E-state index in [0.717, 1.165) is 28.0 Å². The maximum atomic E-state index is 5.30. The monoisotopic (exact) mass is 603 g/mol. The molecule has 0 amide bonds. The lowest BCUT2D eigenvalue weighted by molar-refractivity contribution is 1.41. The Hall–Kier alpha value is -5.84. The van der Waals surface area contributed by atoms with Gasteiger partial charge in [0, 0.05) is 55.6 Å². The lowest BCUT2D eigenvalue weighted by atomic mass is 9.91. The van der Waals surface area contributed by atoms with Crippen LogP contribution in [0, 0.1) is 0 Å². The molecule has 10 rings (SSSR count). The largest absolute Gasteiger partial charge is 0.367 e. The van der Waals surface area contributed by atoms with Crippen LogP contribution in [-0.2, 0) is 0 Å². The summed E-state index contributed by atoms with van der Waals surface area (Å²) in [6.07, 6.45) is 8.03. The third-order valence-corrected chi connectivity index (χ3v) is 10.6. The molecule has 0 saturated heterocycles. The number of aromatic nitrogens is 2. The van der Waals surface area contributed by atoms with Gasteiger partial charge >= 0.3 is 0 Å². The van der Waals surface area contributed by atoms with E-state index in [1.54, 1.807) is 0 Å². The Morgan fingerprint density at radius 1 is 0.543 bits per heavy atom. The van der Waals surface area contributed by atoms with Gasteiger partial charge in [-0.1, -0.05) is 103 Å². The fraction of sp³-hybridized carbons (Fsp3) is 0. The quantitative estimate of drug-likeness (QED) is 0.200. The summed E-state index contributed by atoms with van der Waals surface area (Å²) in [5, 5.41) is 10.1. The van der Waals surface area contributed by atoms with Crippen LogP contribution in [0.3, 0.4) is 0 Å². The van der Waals surface area contributed by atoms with Crippen LogP contribution in [-0.4, -0.2) is 16.2 Å². The molecule has 3 aromatic heterocycles. The molecule has 4 heterocycles. The first-order valence-electron chi connectivity index (χ1n) is 15.5. The van der Waals surface area contributed by atoms with E-state index in [4.69, 9.17) is 4.98 Å². The second kappa shape index (κ2) is 9.83. The van der Waals surface area contributed by atoms with Crippen LogP contribution in [0.15, 0.2) is 145 Å². The fourth-order valence-electron chi connectivity index (χ4n) is 7.11. The van der Waals surface area contributed by atoms with Crippen molar-refractivity contribution in [2.45, 2.75) is 0 Å². The van der Waals surface area contributed by atoms with E-state index in [9.17, 15) is 0 Å². The minimum Gasteiger partial charge on any atom is -0.367 e. The van der Waals surface area contributed by atoms with Gasteiger partial charge in [-0.3, -0.25) is 4.99 Å². The zero-order chi connectivity index (χ0) is 30.2. The predicted octanol–water partition coefficient (Wildman–Crippen LogP) is 11.7. The molecule has 3 nitrogen and oxygen atoms in total. The van der Waals surface area contributed by atoms with E-state index in [0.29, 0.717) is 0 Å². The number of nitrogens with one attached hydrogen (secondary N) is 1. The highest BCUT2D eigenvalue weighted by atomic mass is 32.1. The van der Waals surface area contributed by atoms with Crippen molar-refractivity contribution in [3.05, 3.63) is 145 Å². The Labute approximate surface area is 268 Å². The van der Waals surface area contributed by atoms with Crippen molar-refractivity contribution in [3.8, 4) is 32.8 Å². The molecule has 0 aliphatic carbocycles. The van der Waals surface area contributed by atoms with Crippen LogP contribution < -0.4 is 0 Å². The molecule has 46 heavy (non-hydrogen) atoms. The van der Waals surface area contributed by atoms with E-state index in [1.165, 1.54) is 69.4 Å². The van der Waals surface area contributed by atoms with E-state index in [1.807, 2.05) is 23.7 Å². The third kappa shape index (κ3) is 3.71. The van der Waals surface area contributed by atoms with E-state index < -0.39 is 0 Å². The third-order valence-electron chi connectivity index (χ3n) is 9.32. The predicted molar refractivity (Wildman–Crippen MR) is 197 cm³/mol. The molecule has 0 saturated carbocycles. The SMILES string of the molecule is C1=NC(c2c(-c3cc[nH]c3)sc3c2c(-c2ccc(-c4ccc5c6ccccc6c6ccccc6c5c4)cc2)nc2ccccc23)=C1. The van der Waals surface area contributed by atoms with Crippen LogP contribution in [0.1, 0.15) is 5.56 Å². The average molecular weight is 604 g/mol. The average Bonchev–Trinajstić information content (AvgIpc) is 3.77. The van der Waals surface area contributed by atoms with Crippen molar-refractivity contribution in [2.75, 3.05) is 0 Å². The van der Waals surface area contributed by atoms with Crippen LogP contribution in [0.4, 0.5) is 0 Å². The molecule has 214 valence electrons. The molecule has 0 atom stereocenters. The van der Waals surface area contributed by atoms with Gasteiger partial charge in [0.15, 0.2) is 0 Å². The summed E-state index contributed by atoms with van der Waals surface area (Å²) in [7, 11) is 0. The number of para-hydroxylation sites is 1. The Kier molecular flexibility index (Phi) is 5.45. The molecule has 1 aliphatic rings. The molecule has 6 aromatic carbocycles. The van der Waals surface area contributed by atoms with Gasteiger partial charge < -0.3 is 4.98 Å². The van der Waals surface area contributed by atoms with Crippen molar-refractivity contribution < 1.29 is 0 Å². The molecular formula is C42H25N3S. The highest BCUT2D eigenvalue weighted by molar-refractivity contribution is 7.23. The summed E-state index contributed by atoms with van der Waals surface area (Å²) in [5.74, 6) is 0. The minimum atomic E-state index is 0.993. The lowest BCUT2D eigenvalue weighted by Gasteiger charge is -2.13. The standard InChI is InChI=1S/C42H25N3S/c1-2-9-31-29(7-1)30-8-3-4-10-32(30)35-23-27(17-18-33(31)35)25-13-15-26(16-14-25)40-39-38(37-20-22-44-37)41(28-19-21-43-24-28)46-42(39)34-11-5-6-12-36(34)45-40/h1-24,43H. The molecule has 0 radical (unpaired) electrons. The smallest absolute Gasteiger partial charge is 0.0803 e. The van der Waals surface area contributed by atoms with Gasteiger partial charge in [-0.25, -0.2) is 4.98 Å². The summed E-state index contributed by atoms with van der Waals surface area (Å²) < 4.78 is 1.24. The number of fused-ring (bicyclic) bond motifs is 9. The molecule has 0 fully saturated rings. The Morgan fingerprint density at radius 3 is 1.80 bits per heavy atom. The first-order valence-corrected chi connectivity index (χ1v) is 16.3. The molecule has 0 spiro atoms. The van der Waals surface area contributed by atoms with Crippen molar-refractivity contribution >= 4 is 76.6 Å². The Bertz CT molecular complexity index is 2690. The number of thiophene rings is 1. The van der Waals surface area contributed by atoms with Gasteiger partial charge in [0.05, 0.1) is 16.9 Å². The lowest BCUT2D eigenvalue weighted by Crippen LogP contribution is -1.94. The summed E-state index contributed by atoms with van der Waals surface area (Å²) in [4.78, 5) is 14.4. The highest BCUT2D eigenvalue weighted by Crippen LogP contribution is 2.49. The van der Waals surface area contributed by atoms with Gasteiger partial charge in [0.2, 0.25) is 0 Å². The van der Waals surface area contributed by atoms with E-state index >= 15 is 0 Å². The van der Waals surface area contributed by atoms with Gasteiger partial charge in [0.1, 0.15) is 0 Å². The van der Waals surface area contributed by atoms with Gasteiger partial charge in [-0.15, -0.1) is 11.3 Å². The summed E-state index contributed by atoms with van der Waals surface area (Å²) in [6, 6.07) is 43.9. The van der Waals surface area contributed by atoms with Crippen molar-refractivity contribution in [3.63, 3.8) is 0 Å². The maximum absolute atomic E-state index is 5.30. The van der Waals surface area contributed by atoms with Gasteiger partial charge in [-0.2, -0.15) is 0 Å². The normalized spacial score (nSPS) is 12.8.